The lowest BCUT2D eigenvalue weighted by Crippen LogP contribution is -2.22. The third kappa shape index (κ3) is 3.17. The van der Waals surface area contributed by atoms with Gasteiger partial charge in [-0.15, -0.1) is 11.3 Å². The van der Waals surface area contributed by atoms with E-state index in [1.54, 1.807) is 23.8 Å². The molecule has 0 bridgehead atoms. The summed E-state index contributed by atoms with van der Waals surface area (Å²) < 4.78 is 27.0. The summed E-state index contributed by atoms with van der Waals surface area (Å²) >= 11 is 1.47. The quantitative estimate of drug-likeness (QED) is 0.165. The van der Waals surface area contributed by atoms with E-state index in [9.17, 15) is 13.2 Å². The van der Waals surface area contributed by atoms with Crippen molar-refractivity contribution in [3.05, 3.63) is 53.7 Å². The predicted octanol–water partition coefficient (Wildman–Crippen LogP) is 1.88. The van der Waals surface area contributed by atoms with Crippen molar-refractivity contribution >= 4 is 60.8 Å². The Hall–Kier alpha value is -3.44. The van der Waals surface area contributed by atoms with Crippen molar-refractivity contribution < 1.29 is 13.2 Å². The molecular weight excluding hydrogens is 400 g/mol. The van der Waals surface area contributed by atoms with Gasteiger partial charge in [0.2, 0.25) is 0 Å². The van der Waals surface area contributed by atoms with Crippen molar-refractivity contribution in [1.29, 1.82) is 0 Å². The Kier molecular flexibility index (Phi) is 4.45. The van der Waals surface area contributed by atoms with Gasteiger partial charge in [0.15, 0.2) is 0 Å². The summed E-state index contributed by atoms with van der Waals surface area (Å²) in [4.78, 5) is 16.7. The topological polar surface area (TPSA) is 139 Å². The largest absolute Gasteiger partial charge is 0.361 e. The van der Waals surface area contributed by atoms with Crippen LogP contribution in [0.5, 0.6) is 0 Å². The van der Waals surface area contributed by atoms with Crippen LogP contribution in [0.15, 0.2) is 58.1 Å². The van der Waals surface area contributed by atoms with E-state index in [0.717, 1.165) is 27.8 Å². The monoisotopic (exact) mass is 414 g/mol. The van der Waals surface area contributed by atoms with E-state index in [1.807, 2.05) is 12.1 Å². The van der Waals surface area contributed by atoms with Crippen LogP contribution >= 0.6 is 11.3 Å². The molecule has 1 amide bonds. The zero-order valence-corrected chi connectivity index (χ0v) is 15.8. The molecule has 0 atom stereocenters. The Morgan fingerprint density at radius 2 is 1.96 bits per heavy atom. The first-order valence-corrected chi connectivity index (χ1v) is 10.3. The molecule has 9 nitrogen and oxygen atoms in total. The van der Waals surface area contributed by atoms with Crippen LogP contribution in [0, 0.1) is 0 Å². The first-order valence-electron chi connectivity index (χ1n) is 7.98. The van der Waals surface area contributed by atoms with Crippen LogP contribution in [0.4, 0.5) is 11.4 Å². The maximum absolute atomic E-state index is 12.4. The van der Waals surface area contributed by atoms with Gasteiger partial charge in [-0.1, -0.05) is 0 Å². The molecule has 1 aromatic heterocycles. The molecule has 0 saturated carbocycles. The number of fused-ring (bicyclic) bond motifs is 3. The normalized spacial score (nSPS) is 15.1. The van der Waals surface area contributed by atoms with Gasteiger partial charge in [-0.25, -0.2) is 13.4 Å². The van der Waals surface area contributed by atoms with E-state index in [-0.39, 0.29) is 10.8 Å². The maximum Gasteiger partial charge on any atom is 0.262 e. The molecule has 11 heteroatoms. The minimum absolute atomic E-state index is 0.0564. The molecule has 28 heavy (non-hydrogen) atoms. The number of hydrazone groups is 1. The van der Waals surface area contributed by atoms with E-state index < -0.39 is 10.0 Å². The van der Waals surface area contributed by atoms with Crippen LogP contribution in [0.1, 0.15) is 5.56 Å². The summed E-state index contributed by atoms with van der Waals surface area (Å²) in [6, 6.07) is 9.73. The molecule has 0 aliphatic carbocycles. The lowest BCUT2D eigenvalue weighted by molar-refractivity contribution is -0.110. The number of aromatic nitrogens is 1. The van der Waals surface area contributed by atoms with Gasteiger partial charge in [0, 0.05) is 17.5 Å². The molecule has 2 aromatic carbocycles. The van der Waals surface area contributed by atoms with E-state index in [4.69, 9.17) is 5.84 Å². The summed E-state index contributed by atoms with van der Waals surface area (Å²) in [5.74, 6) is 4.69. The van der Waals surface area contributed by atoms with Gasteiger partial charge in [-0.05, 0) is 36.4 Å². The lowest BCUT2D eigenvalue weighted by atomic mass is 10.1. The smallest absolute Gasteiger partial charge is 0.262 e. The summed E-state index contributed by atoms with van der Waals surface area (Å²) in [7, 11) is -3.73. The SMILES string of the molecule is NN=CNS(=O)(=O)c1ccc(NC=C2C(=O)Nc3ccc4ncsc4c32)cc1. The van der Waals surface area contributed by atoms with E-state index in [1.165, 1.54) is 23.5 Å². The van der Waals surface area contributed by atoms with Crippen molar-refractivity contribution in [2.75, 3.05) is 10.6 Å². The minimum Gasteiger partial charge on any atom is -0.361 e. The number of hydrogen-bond acceptors (Lipinski definition) is 8. The average Bonchev–Trinajstić information content (AvgIpc) is 3.28. The molecule has 4 rings (SSSR count). The van der Waals surface area contributed by atoms with Crippen molar-refractivity contribution in [2.24, 2.45) is 10.9 Å². The summed E-state index contributed by atoms with van der Waals surface area (Å²) in [5, 5.41) is 8.98. The highest BCUT2D eigenvalue weighted by atomic mass is 32.2. The number of rotatable bonds is 5. The highest BCUT2D eigenvalue weighted by Crippen LogP contribution is 2.39. The van der Waals surface area contributed by atoms with E-state index >= 15 is 0 Å². The van der Waals surface area contributed by atoms with Crippen LogP contribution in [0.25, 0.3) is 15.8 Å². The first kappa shape index (κ1) is 17.9. The molecule has 2 heterocycles. The molecule has 0 radical (unpaired) electrons. The predicted molar refractivity (Wildman–Crippen MR) is 109 cm³/mol. The number of sulfonamides is 1. The highest BCUT2D eigenvalue weighted by molar-refractivity contribution is 7.90. The Morgan fingerprint density at radius 1 is 1.18 bits per heavy atom. The van der Waals surface area contributed by atoms with Gasteiger partial charge >= 0.3 is 0 Å². The number of carbonyl (C=O) groups is 1. The van der Waals surface area contributed by atoms with E-state index in [2.05, 4.69) is 25.4 Å². The molecule has 0 spiro atoms. The fourth-order valence-electron chi connectivity index (χ4n) is 2.79. The number of anilines is 2. The van der Waals surface area contributed by atoms with Crippen molar-refractivity contribution in [2.45, 2.75) is 4.90 Å². The molecule has 5 N–H and O–H groups in total. The average molecular weight is 414 g/mol. The number of benzene rings is 2. The number of amides is 1. The van der Waals surface area contributed by atoms with Gasteiger partial charge in [0.1, 0.15) is 6.34 Å². The van der Waals surface area contributed by atoms with Crippen LogP contribution < -0.4 is 21.2 Å². The minimum atomic E-state index is -3.73. The molecule has 1 aliphatic rings. The molecule has 3 aromatic rings. The van der Waals surface area contributed by atoms with Gasteiger partial charge in [0.05, 0.1) is 31.9 Å². The third-order valence-electron chi connectivity index (χ3n) is 4.09. The number of thiazole rings is 1. The zero-order valence-electron chi connectivity index (χ0n) is 14.2. The van der Waals surface area contributed by atoms with E-state index in [0.29, 0.717) is 11.3 Å². The maximum atomic E-state index is 12.4. The second-order valence-corrected chi connectivity index (χ2v) is 8.34. The molecule has 0 fully saturated rings. The summed E-state index contributed by atoms with van der Waals surface area (Å²) in [5.41, 5.74) is 5.22. The Labute approximate surface area is 164 Å². The third-order valence-corrected chi connectivity index (χ3v) is 6.26. The fraction of sp³-hybridized carbons (Fsp3) is 0. The zero-order chi connectivity index (χ0) is 19.7. The molecule has 142 valence electrons. The number of hydrogen-bond donors (Lipinski definition) is 4. The second kappa shape index (κ2) is 6.94. The number of nitrogens with one attached hydrogen (secondary N) is 3. The van der Waals surface area contributed by atoms with Gasteiger partial charge in [-0.2, -0.15) is 5.10 Å². The first-order chi connectivity index (χ1) is 13.5. The Balaban J connectivity index is 1.61. The Bertz CT molecular complexity index is 1230. The van der Waals surface area contributed by atoms with Crippen molar-refractivity contribution in [3.8, 4) is 0 Å². The molecular formula is C17H14N6O3S2. The van der Waals surface area contributed by atoms with Crippen LogP contribution in [-0.2, 0) is 14.8 Å². The van der Waals surface area contributed by atoms with Crippen molar-refractivity contribution in [1.82, 2.24) is 9.71 Å². The van der Waals surface area contributed by atoms with Crippen LogP contribution in [0.3, 0.4) is 0 Å². The summed E-state index contributed by atoms with van der Waals surface area (Å²) in [6.07, 6.45) is 2.49. The highest BCUT2D eigenvalue weighted by Gasteiger charge is 2.27. The fourth-order valence-corrected chi connectivity index (χ4v) is 4.48. The molecule has 0 unspecified atom stereocenters. The van der Waals surface area contributed by atoms with Gasteiger partial charge < -0.3 is 16.5 Å². The summed E-state index contributed by atoms with van der Waals surface area (Å²) in [6.45, 7) is 0. The van der Waals surface area contributed by atoms with Crippen LogP contribution in [0.2, 0.25) is 0 Å². The molecule has 1 aliphatic heterocycles. The number of nitrogens with zero attached hydrogens (tertiary/aromatic N) is 2. The molecule has 0 saturated heterocycles. The standard InChI is InChI=1S/C17H14N6O3S2/c18-21-8-22-28(25,26)11-3-1-10(2-4-11)19-7-12-15-13(23-17(12)24)5-6-14-16(15)27-9-20-14/h1-9,19H,18H2,(H,21,22)(H,23,24). The number of carbonyl (C=O) groups excluding carboxylic acids is 1. The van der Waals surface area contributed by atoms with Gasteiger partial charge in [0.25, 0.3) is 15.9 Å². The second-order valence-electron chi connectivity index (χ2n) is 5.77. The Morgan fingerprint density at radius 3 is 2.71 bits per heavy atom. The lowest BCUT2D eigenvalue weighted by Gasteiger charge is -2.06. The number of nitrogens with two attached hydrogens (primary N) is 1. The van der Waals surface area contributed by atoms with Gasteiger partial charge in [-0.3, -0.25) is 9.52 Å². The van der Waals surface area contributed by atoms with Crippen LogP contribution in [-0.4, -0.2) is 25.6 Å². The van der Waals surface area contributed by atoms with Crippen molar-refractivity contribution in [3.63, 3.8) is 0 Å².